The summed E-state index contributed by atoms with van der Waals surface area (Å²) in [5.74, 6) is -0.399. The normalized spacial score (nSPS) is 28.1. The third-order valence-electron chi connectivity index (χ3n) is 6.30. The summed E-state index contributed by atoms with van der Waals surface area (Å²) >= 11 is 0. The lowest BCUT2D eigenvalue weighted by atomic mass is 10.1. The molecule has 2 fully saturated rings. The maximum absolute atomic E-state index is 12.5. The van der Waals surface area contributed by atoms with Crippen LogP contribution in [0, 0.1) is 12.8 Å². The van der Waals surface area contributed by atoms with Crippen LogP contribution >= 0.6 is 0 Å². The summed E-state index contributed by atoms with van der Waals surface area (Å²) in [6, 6.07) is 1.07. The van der Waals surface area contributed by atoms with Gasteiger partial charge >= 0.3 is 0 Å². The van der Waals surface area contributed by atoms with Crippen molar-refractivity contribution in [3.8, 4) is 0 Å². The number of hydrogen-bond acceptors (Lipinski definition) is 9. The molecule has 13 heteroatoms. The third-order valence-corrected chi connectivity index (χ3v) is 7.90. The monoisotopic (exact) mass is 467 g/mol. The Morgan fingerprint density at radius 3 is 2.62 bits per heavy atom. The van der Waals surface area contributed by atoms with E-state index in [1.54, 1.807) is 28.7 Å². The van der Waals surface area contributed by atoms with Crippen LogP contribution in [0.4, 0.5) is 0 Å². The average molecular weight is 468 g/mol. The van der Waals surface area contributed by atoms with Crippen molar-refractivity contribution in [2.75, 3.05) is 24.6 Å². The molecule has 0 spiro atoms. The number of hydrogen-bond donors (Lipinski definition) is 3. The summed E-state index contributed by atoms with van der Waals surface area (Å²) < 4.78 is 26.3. The number of aromatic nitrogens is 5. The highest BCUT2D eigenvalue weighted by Gasteiger charge is 2.42. The van der Waals surface area contributed by atoms with Crippen LogP contribution in [0.25, 0.3) is 0 Å². The summed E-state index contributed by atoms with van der Waals surface area (Å²) in [6.45, 7) is 3.63. The molecule has 1 aliphatic heterocycles. The van der Waals surface area contributed by atoms with Gasteiger partial charge in [0, 0.05) is 51.0 Å². The molecule has 2 aromatic rings. The lowest BCUT2D eigenvalue weighted by molar-refractivity contribution is 0.00759. The smallest absolute Gasteiger partial charge is 0.272 e. The fourth-order valence-electron chi connectivity index (χ4n) is 4.24. The molecular formula is C19H29N7O5S. The second-order valence-corrected chi connectivity index (χ2v) is 11.0. The van der Waals surface area contributed by atoms with E-state index in [9.17, 15) is 23.4 Å². The first-order valence-electron chi connectivity index (χ1n) is 10.6. The molecule has 2 aromatic heterocycles. The molecule has 0 bridgehead atoms. The number of rotatable bonds is 6. The van der Waals surface area contributed by atoms with Crippen LogP contribution < -0.4 is 5.32 Å². The number of carbonyl (C=O) groups excluding carboxylic acids is 1. The average Bonchev–Trinajstić information content (AvgIpc) is 3.39. The van der Waals surface area contributed by atoms with Crippen LogP contribution in [0.3, 0.4) is 0 Å². The van der Waals surface area contributed by atoms with Crippen molar-refractivity contribution in [3.63, 3.8) is 0 Å². The molecule has 0 aromatic carbocycles. The van der Waals surface area contributed by atoms with Crippen molar-refractivity contribution in [2.24, 2.45) is 13.0 Å². The SMILES string of the molecule is Cc1cc(C(=O)NC2CC(Cn3cc(CN4CCS(=O)(=O)CC4)nn3)C(O)C2O)nn1C. The van der Waals surface area contributed by atoms with Crippen LogP contribution in [0.1, 0.15) is 28.3 Å². The molecule has 3 heterocycles. The largest absolute Gasteiger partial charge is 0.390 e. The standard InChI is InChI=1S/C19H29N7O5S/c1-12-7-16(22-24(12)2)19(29)20-15-8-13(17(27)18(15)28)9-26-11-14(21-23-26)10-25-3-5-32(30,31)6-4-25/h7,11,13,15,17-18,27-28H,3-6,8-10H2,1-2H3,(H,20,29). The number of nitrogens with zero attached hydrogens (tertiary/aromatic N) is 6. The zero-order valence-corrected chi connectivity index (χ0v) is 18.9. The fraction of sp³-hybridized carbons (Fsp3) is 0.684. The van der Waals surface area contributed by atoms with Crippen molar-refractivity contribution in [2.45, 2.75) is 44.7 Å². The van der Waals surface area contributed by atoms with Gasteiger partial charge in [0.05, 0.1) is 29.3 Å². The molecule has 12 nitrogen and oxygen atoms in total. The molecule has 32 heavy (non-hydrogen) atoms. The second-order valence-electron chi connectivity index (χ2n) is 8.71. The number of nitrogens with one attached hydrogen (secondary N) is 1. The number of sulfone groups is 1. The highest BCUT2D eigenvalue weighted by atomic mass is 32.2. The first kappa shape index (κ1) is 22.8. The Labute approximate surface area is 186 Å². The van der Waals surface area contributed by atoms with E-state index in [2.05, 4.69) is 20.7 Å². The van der Waals surface area contributed by atoms with Crippen molar-refractivity contribution >= 4 is 15.7 Å². The molecule has 176 valence electrons. The van der Waals surface area contributed by atoms with E-state index in [1.165, 1.54) is 0 Å². The Morgan fingerprint density at radius 1 is 1.25 bits per heavy atom. The Hall–Kier alpha value is -2.35. The summed E-state index contributed by atoms with van der Waals surface area (Å²) in [7, 11) is -1.19. The van der Waals surface area contributed by atoms with Gasteiger partial charge in [0.25, 0.3) is 5.91 Å². The molecule has 2 aliphatic rings. The predicted molar refractivity (Wildman–Crippen MR) is 113 cm³/mol. The molecule has 0 radical (unpaired) electrons. The number of aryl methyl sites for hydroxylation is 2. The first-order chi connectivity index (χ1) is 15.1. The summed E-state index contributed by atoms with van der Waals surface area (Å²) in [6.07, 6.45) is 0.0573. The molecule has 1 aliphatic carbocycles. The molecular weight excluding hydrogens is 438 g/mol. The molecule has 4 rings (SSSR count). The van der Waals surface area contributed by atoms with Crippen LogP contribution in [0.5, 0.6) is 0 Å². The van der Waals surface area contributed by atoms with Crippen molar-refractivity contribution in [1.82, 2.24) is 35.0 Å². The lowest BCUT2D eigenvalue weighted by Gasteiger charge is -2.25. The van der Waals surface area contributed by atoms with Crippen LogP contribution in [-0.4, -0.2) is 97.1 Å². The van der Waals surface area contributed by atoms with Gasteiger partial charge in [-0.1, -0.05) is 5.21 Å². The van der Waals surface area contributed by atoms with Gasteiger partial charge < -0.3 is 15.5 Å². The van der Waals surface area contributed by atoms with Gasteiger partial charge in [0.15, 0.2) is 9.84 Å². The minimum absolute atomic E-state index is 0.151. The van der Waals surface area contributed by atoms with E-state index in [4.69, 9.17) is 0 Å². The Bertz CT molecular complexity index is 1050. The van der Waals surface area contributed by atoms with Crippen LogP contribution in [0.15, 0.2) is 12.3 Å². The number of carbonyl (C=O) groups is 1. The van der Waals surface area contributed by atoms with E-state index in [-0.39, 0.29) is 23.1 Å². The van der Waals surface area contributed by atoms with Gasteiger partial charge in [0.2, 0.25) is 0 Å². The number of aliphatic hydroxyl groups is 2. The van der Waals surface area contributed by atoms with E-state index >= 15 is 0 Å². The highest BCUT2D eigenvalue weighted by molar-refractivity contribution is 7.91. The van der Waals surface area contributed by atoms with Crippen molar-refractivity contribution in [3.05, 3.63) is 29.3 Å². The Morgan fingerprint density at radius 2 is 1.97 bits per heavy atom. The maximum Gasteiger partial charge on any atom is 0.272 e. The van der Waals surface area contributed by atoms with Gasteiger partial charge in [-0.05, 0) is 19.4 Å². The highest BCUT2D eigenvalue weighted by Crippen LogP contribution is 2.28. The molecule has 4 unspecified atom stereocenters. The minimum atomic E-state index is -2.93. The summed E-state index contributed by atoms with van der Waals surface area (Å²) in [5.41, 5.74) is 1.82. The van der Waals surface area contributed by atoms with Gasteiger partial charge in [-0.25, -0.2) is 8.42 Å². The number of amides is 1. The molecule has 1 amide bonds. The van der Waals surface area contributed by atoms with Crippen molar-refractivity contribution in [1.29, 1.82) is 0 Å². The van der Waals surface area contributed by atoms with E-state index < -0.39 is 34.0 Å². The van der Waals surface area contributed by atoms with Crippen molar-refractivity contribution < 1.29 is 23.4 Å². The summed E-state index contributed by atoms with van der Waals surface area (Å²) in [4.78, 5) is 14.5. The second kappa shape index (κ2) is 8.89. The number of aliphatic hydroxyl groups excluding tert-OH is 2. The van der Waals surface area contributed by atoms with E-state index in [1.807, 2.05) is 11.8 Å². The Kier molecular flexibility index (Phi) is 6.34. The van der Waals surface area contributed by atoms with Crippen LogP contribution in [-0.2, 0) is 30.0 Å². The van der Waals surface area contributed by atoms with Gasteiger partial charge in [-0.2, -0.15) is 5.10 Å². The van der Waals surface area contributed by atoms with E-state index in [0.29, 0.717) is 38.3 Å². The summed E-state index contributed by atoms with van der Waals surface area (Å²) in [5, 5.41) is 36.1. The lowest BCUT2D eigenvalue weighted by Crippen LogP contribution is -2.43. The quantitative estimate of drug-likeness (QED) is 0.441. The first-order valence-corrected chi connectivity index (χ1v) is 12.4. The van der Waals surface area contributed by atoms with Crippen LogP contribution in [0.2, 0.25) is 0 Å². The van der Waals surface area contributed by atoms with Gasteiger partial charge in [0.1, 0.15) is 11.8 Å². The maximum atomic E-state index is 12.5. The van der Waals surface area contributed by atoms with E-state index in [0.717, 1.165) is 5.69 Å². The van der Waals surface area contributed by atoms with Gasteiger partial charge in [-0.15, -0.1) is 5.10 Å². The zero-order valence-electron chi connectivity index (χ0n) is 18.1. The fourth-order valence-corrected chi connectivity index (χ4v) is 5.52. The molecule has 3 N–H and O–H groups in total. The van der Waals surface area contributed by atoms with Gasteiger partial charge in [-0.3, -0.25) is 19.1 Å². The predicted octanol–water partition coefficient (Wildman–Crippen LogP) is -1.91. The third kappa shape index (κ3) is 5.00. The minimum Gasteiger partial charge on any atom is -0.390 e. The Balaban J connectivity index is 1.32. The molecule has 1 saturated heterocycles. The topological polar surface area (TPSA) is 155 Å². The zero-order chi connectivity index (χ0) is 23.0. The molecule has 1 saturated carbocycles. The molecule has 4 atom stereocenters.